The van der Waals surface area contributed by atoms with E-state index in [1.807, 2.05) is 0 Å². The highest BCUT2D eigenvalue weighted by atomic mass is 35.5. The van der Waals surface area contributed by atoms with Gasteiger partial charge in [-0.25, -0.2) is 21.1 Å². The van der Waals surface area contributed by atoms with Crippen molar-refractivity contribution in [3.05, 3.63) is 23.2 Å². The molecule has 0 saturated carbocycles. The van der Waals surface area contributed by atoms with E-state index in [9.17, 15) is 16.8 Å². The lowest BCUT2D eigenvalue weighted by molar-refractivity contribution is 0.520. The maximum Gasteiger partial charge on any atom is 0.244 e. The van der Waals surface area contributed by atoms with Gasteiger partial charge in [0.15, 0.2) is 9.84 Å². The monoisotopic (exact) mass is 297 g/mol. The minimum absolute atomic E-state index is 0.00824. The van der Waals surface area contributed by atoms with Crippen molar-refractivity contribution in [2.24, 2.45) is 0 Å². The maximum absolute atomic E-state index is 11.9. The van der Waals surface area contributed by atoms with E-state index < -0.39 is 19.9 Å². The first-order chi connectivity index (χ1) is 7.56. The molecule has 0 bridgehead atoms. The van der Waals surface area contributed by atoms with E-state index in [0.29, 0.717) is 0 Å². The quantitative estimate of drug-likeness (QED) is 0.834. The van der Waals surface area contributed by atoms with Crippen LogP contribution in [0.1, 0.15) is 0 Å². The van der Waals surface area contributed by atoms with Gasteiger partial charge in [-0.1, -0.05) is 11.6 Å². The van der Waals surface area contributed by atoms with E-state index in [-0.39, 0.29) is 14.8 Å². The molecule has 1 aromatic rings. The fourth-order valence-electron chi connectivity index (χ4n) is 1.11. The zero-order chi connectivity index (χ0) is 13.4. The molecule has 0 unspecified atom stereocenters. The van der Waals surface area contributed by atoms with Crippen molar-refractivity contribution in [3.63, 3.8) is 0 Å². The van der Waals surface area contributed by atoms with Gasteiger partial charge in [-0.3, -0.25) is 0 Å². The fourth-order valence-corrected chi connectivity index (χ4v) is 3.22. The number of hydrogen-bond acceptors (Lipinski definition) is 4. The molecule has 1 rings (SSSR count). The van der Waals surface area contributed by atoms with Crippen LogP contribution in [0.3, 0.4) is 0 Å². The Morgan fingerprint density at radius 3 is 2.06 bits per heavy atom. The van der Waals surface area contributed by atoms with Crippen LogP contribution in [-0.4, -0.2) is 41.5 Å². The number of rotatable bonds is 3. The largest absolute Gasteiger partial charge is 0.244 e. The molecule has 1 aromatic carbocycles. The molecule has 0 aromatic heterocycles. The topological polar surface area (TPSA) is 71.5 Å². The van der Waals surface area contributed by atoms with Crippen LogP contribution in [-0.2, 0) is 19.9 Å². The summed E-state index contributed by atoms with van der Waals surface area (Å²) >= 11 is 5.77. The maximum atomic E-state index is 11.9. The highest BCUT2D eigenvalue weighted by Crippen LogP contribution is 2.26. The number of sulfonamides is 1. The number of hydrogen-bond donors (Lipinski definition) is 0. The second kappa shape index (κ2) is 4.56. The van der Waals surface area contributed by atoms with Gasteiger partial charge in [-0.15, -0.1) is 0 Å². The number of nitrogens with zero attached hydrogens (tertiary/aromatic N) is 1. The van der Waals surface area contributed by atoms with Crippen LogP contribution in [0.25, 0.3) is 0 Å². The highest BCUT2D eigenvalue weighted by Gasteiger charge is 2.22. The number of sulfone groups is 1. The Kier molecular flexibility index (Phi) is 3.87. The average Bonchev–Trinajstić information content (AvgIpc) is 2.15. The standard InChI is InChI=1S/C9H12ClNO4S2/c1-11(2)17(14,15)9-6-7(16(3,12)13)4-5-8(9)10/h4-6H,1-3H3. The summed E-state index contributed by atoms with van der Waals surface area (Å²) in [6, 6.07) is 3.59. The summed E-state index contributed by atoms with van der Waals surface area (Å²) in [5.41, 5.74) is 0. The Bertz CT molecular complexity index is 635. The van der Waals surface area contributed by atoms with Crippen LogP contribution < -0.4 is 0 Å². The first-order valence-corrected chi connectivity index (χ1v) is 8.20. The van der Waals surface area contributed by atoms with Crippen molar-refractivity contribution in [1.29, 1.82) is 0 Å². The smallest absolute Gasteiger partial charge is 0.224 e. The first-order valence-electron chi connectivity index (χ1n) is 4.49. The molecule has 0 amide bonds. The van der Waals surface area contributed by atoms with Gasteiger partial charge >= 0.3 is 0 Å². The lowest BCUT2D eigenvalue weighted by Crippen LogP contribution is -2.22. The Hall–Kier alpha value is -0.630. The van der Waals surface area contributed by atoms with Crippen LogP contribution >= 0.6 is 11.6 Å². The Balaban J connectivity index is 3.57. The molecule has 0 atom stereocenters. The third kappa shape index (κ3) is 2.98. The minimum atomic E-state index is -3.75. The van der Waals surface area contributed by atoms with Gasteiger partial charge in [0.2, 0.25) is 10.0 Å². The molecule has 0 heterocycles. The predicted molar refractivity (Wildman–Crippen MR) is 65.4 cm³/mol. The van der Waals surface area contributed by atoms with Crippen LogP contribution in [0.4, 0.5) is 0 Å². The van der Waals surface area contributed by atoms with Crippen LogP contribution in [0.2, 0.25) is 5.02 Å². The summed E-state index contributed by atoms with van der Waals surface area (Å²) in [4.78, 5) is -0.297. The van der Waals surface area contributed by atoms with Gasteiger partial charge < -0.3 is 0 Å². The summed E-state index contributed by atoms with van der Waals surface area (Å²) in [5, 5.41) is -0.00824. The van der Waals surface area contributed by atoms with Gasteiger partial charge in [0.1, 0.15) is 4.90 Å². The summed E-state index contributed by atoms with van der Waals surface area (Å²) < 4.78 is 47.4. The second-order valence-electron chi connectivity index (χ2n) is 3.65. The SMILES string of the molecule is CN(C)S(=O)(=O)c1cc(S(C)(=O)=O)ccc1Cl. The van der Waals surface area contributed by atoms with Crippen LogP contribution in [0.5, 0.6) is 0 Å². The summed E-state index contributed by atoms with van der Waals surface area (Å²) in [7, 11) is -4.53. The Morgan fingerprint density at radius 1 is 1.12 bits per heavy atom. The second-order valence-corrected chi connectivity index (χ2v) is 8.20. The first kappa shape index (κ1) is 14.4. The molecule has 0 radical (unpaired) electrons. The van der Waals surface area contributed by atoms with Crippen molar-refractivity contribution in [1.82, 2.24) is 4.31 Å². The molecule has 0 fully saturated rings. The van der Waals surface area contributed by atoms with Crippen LogP contribution in [0.15, 0.2) is 28.0 Å². The van der Waals surface area contributed by atoms with Gasteiger partial charge in [0.25, 0.3) is 0 Å². The van der Waals surface area contributed by atoms with Crippen molar-refractivity contribution in [2.75, 3.05) is 20.4 Å². The zero-order valence-corrected chi connectivity index (χ0v) is 11.9. The van der Waals surface area contributed by atoms with E-state index in [1.54, 1.807) is 0 Å². The van der Waals surface area contributed by atoms with Crippen LogP contribution in [0, 0.1) is 0 Å². The van der Waals surface area contributed by atoms with Crippen molar-refractivity contribution < 1.29 is 16.8 Å². The van der Waals surface area contributed by atoms with E-state index in [2.05, 4.69) is 0 Å². The van der Waals surface area contributed by atoms with E-state index in [0.717, 1.165) is 16.6 Å². The van der Waals surface area contributed by atoms with E-state index in [4.69, 9.17) is 11.6 Å². The lowest BCUT2D eigenvalue weighted by atomic mass is 10.4. The average molecular weight is 298 g/mol. The molecule has 0 aliphatic rings. The third-order valence-corrected chi connectivity index (χ3v) is 5.50. The molecular weight excluding hydrogens is 286 g/mol. The molecular formula is C9H12ClNO4S2. The lowest BCUT2D eigenvalue weighted by Gasteiger charge is -2.13. The number of halogens is 1. The number of benzene rings is 1. The third-order valence-electron chi connectivity index (χ3n) is 2.09. The molecule has 96 valence electrons. The predicted octanol–water partition coefficient (Wildman–Crippen LogP) is 0.994. The molecule has 0 aliphatic carbocycles. The van der Waals surface area contributed by atoms with Gasteiger partial charge in [0, 0.05) is 20.4 Å². The molecule has 0 aliphatic heterocycles. The highest BCUT2D eigenvalue weighted by molar-refractivity contribution is 7.91. The molecule has 0 saturated heterocycles. The molecule has 17 heavy (non-hydrogen) atoms. The van der Waals surface area contributed by atoms with Crippen molar-refractivity contribution >= 4 is 31.5 Å². The summed E-state index contributed by atoms with van der Waals surface area (Å²) in [6.07, 6.45) is 1.00. The van der Waals surface area contributed by atoms with E-state index >= 15 is 0 Å². The molecule has 0 N–H and O–H groups in total. The van der Waals surface area contributed by atoms with Gasteiger partial charge in [-0.2, -0.15) is 0 Å². The minimum Gasteiger partial charge on any atom is -0.224 e. The Morgan fingerprint density at radius 2 is 1.65 bits per heavy atom. The normalized spacial score (nSPS) is 13.0. The fraction of sp³-hybridized carbons (Fsp3) is 0.333. The molecule has 0 spiro atoms. The molecule has 5 nitrogen and oxygen atoms in total. The van der Waals surface area contributed by atoms with Crippen molar-refractivity contribution in [3.8, 4) is 0 Å². The van der Waals surface area contributed by atoms with Gasteiger partial charge in [-0.05, 0) is 18.2 Å². The Labute approximate surface area is 106 Å². The zero-order valence-electron chi connectivity index (χ0n) is 9.51. The molecule has 8 heteroatoms. The van der Waals surface area contributed by atoms with E-state index in [1.165, 1.54) is 26.2 Å². The summed E-state index contributed by atoms with van der Waals surface area (Å²) in [5.74, 6) is 0. The summed E-state index contributed by atoms with van der Waals surface area (Å²) in [6.45, 7) is 0. The van der Waals surface area contributed by atoms with Gasteiger partial charge in [0.05, 0.1) is 9.92 Å². The van der Waals surface area contributed by atoms with Crippen molar-refractivity contribution in [2.45, 2.75) is 9.79 Å².